The van der Waals surface area contributed by atoms with Gasteiger partial charge in [0.05, 0.1) is 23.3 Å². The van der Waals surface area contributed by atoms with Crippen molar-refractivity contribution in [3.63, 3.8) is 0 Å². The second kappa shape index (κ2) is 8.05. The Hall–Kier alpha value is -1.52. The summed E-state index contributed by atoms with van der Waals surface area (Å²) in [4.78, 5) is 4.52. The van der Waals surface area contributed by atoms with Crippen LogP contribution in [0.5, 0.6) is 0 Å². The molecule has 0 aliphatic carbocycles. The van der Waals surface area contributed by atoms with Gasteiger partial charge in [-0.2, -0.15) is 0 Å². The molecule has 0 saturated carbocycles. The van der Waals surface area contributed by atoms with E-state index in [1.807, 2.05) is 0 Å². The van der Waals surface area contributed by atoms with Crippen molar-refractivity contribution in [1.82, 2.24) is 9.97 Å². The van der Waals surface area contributed by atoms with E-state index in [1.54, 1.807) is 0 Å². The molecule has 1 radical (unpaired) electrons. The Bertz CT molecular complexity index is 481. The second-order valence-corrected chi connectivity index (χ2v) is 2.89. The summed E-state index contributed by atoms with van der Waals surface area (Å²) in [5.74, 6) is -13.3. The maximum Gasteiger partial charge on any atom is 0.133 e. The molecular formula is C10AgF8N2-2. The van der Waals surface area contributed by atoms with E-state index in [-0.39, 0.29) is 22.4 Å². The Balaban J connectivity index is 0.000000364. The van der Waals surface area contributed by atoms with Gasteiger partial charge in [0, 0.05) is 22.4 Å². The van der Waals surface area contributed by atoms with Gasteiger partial charge in [0.25, 0.3) is 0 Å². The average Bonchev–Trinajstić information content (AvgIpc) is 2.35. The van der Waals surface area contributed by atoms with Crippen LogP contribution in [-0.4, -0.2) is 9.97 Å². The zero-order valence-electron chi connectivity index (χ0n) is 9.22. The van der Waals surface area contributed by atoms with Gasteiger partial charge in [-0.3, -0.25) is 17.6 Å². The predicted molar refractivity (Wildman–Crippen MR) is 45.8 cm³/mol. The van der Waals surface area contributed by atoms with E-state index in [4.69, 9.17) is 0 Å². The normalized spacial score (nSPS) is 9.52. The molecular weight excluding hydrogens is 408 g/mol. The standard InChI is InChI=1S/2C5F4N.Ag/c2*6-2-1-3(7)5(9)10-4(2)8;/q2*-1;. The molecule has 2 heterocycles. The zero-order chi connectivity index (χ0) is 15.4. The van der Waals surface area contributed by atoms with Crippen LogP contribution in [0.4, 0.5) is 35.1 Å². The first-order valence-corrected chi connectivity index (χ1v) is 4.41. The first-order chi connectivity index (χ1) is 9.22. The largest absolute Gasteiger partial charge is 0.319 e. The molecule has 2 rings (SSSR count). The van der Waals surface area contributed by atoms with Gasteiger partial charge in [0.15, 0.2) is 0 Å². The van der Waals surface area contributed by atoms with Gasteiger partial charge in [-0.15, -0.1) is 0 Å². The fraction of sp³-hybridized carbons (Fsp3) is 0. The summed E-state index contributed by atoms with van der Waals surface area (Å²) in [5.41, 5.74) is 0. The molecule has 2 nitrogen and oxygen atoms in total. The van der Waals surface area contributed by atoms with E-state index in [2.05, 4.69) is 9.97 Å². The molecule has 0 atom stereocenters. The fourth-order valence-electron chi connectivity index (χ4n) is 0.768. The average molecular weight is 408 g/mol. The van der Waals surface area contributed by atoms with Gasteiger partial charge in [-0.1, -0.05) is 12.1 Å². The molecule has 0 bridgehead atoms. The quantitative estimate of drug-likeness (QED) is 0.290. The van der Waals surface area contributed by atoms with Crippen molar-refractivity contribution in [3.8, 4) is 0 Å². The Morgan fingerprint density at radius 2 is 0.667 bits per heavy atom. The van der Waals surface area contributed by atoms with Crippen molar-refractivity contribution < 1.29 is 57.5 Å². The van der Waals surface area contributed by atoms with Crippen molar-refractivity contribution >= 4 is 0 Å². The van der Waals surface area contributed by atoms with Crippen LogP contribution < -0.4 is 0 Å². The van der Waals surface area contributed by atoms with Crippen LogP contribution >= 0.6 is 0 Å². The molecule has 0 aromatic carbocycles. The third kappa shape index (κ3) is 5.40. The van der Waals surface area contributed by atoms with Crippen LogP contribution in [0.1, 0.15) is 0 Å². The van der Waals surface area contributed by atoms with Crippen LogP contribution in [0, 0.1) is 59.2 Å². The van der Waals surface area contributed by atoms with Crippen LogP contribution in [-0.2, 0) is 22.4 Å². The topological polar surface area (TPSA) is 25.8 Å². The molecule has 11 heteroatoms. The van der Waals surface area contributed by atoms with Crippen LogP contribution in [0.3, 0.4) is 0 Å². The molecule has 0 saturated heterocycles. The summed E-state index contributed by atoms with van der Waals surface area (Å²) in [6.45, 7) is 0. The molecule has 0 spiro atoms. The number of aromatic nitrogens is 2. The number of nitrogens with zero attached hydrogens (tertiary/aromatic N) is 2. The predicted octanol–water partition coefficient (Wildman–Crippen LogP) is 2.87. The van der Waals surface area contributed by atoms with Gasteiger partial charge < -0.3 is 9.97 Å². The summed E-state index contributed by atoms with van der Waals surface area (Å²) in [7, 11) is 0. The minimum absolute atomic E-state index is 0. The molecule has 0 aliphatic rings. The number of hydrogen-bond acceptors (Lipinski definition) is 2. The Morgan fingerprint density at radius 1 is 0.476 bits per heavy atom. The van der Waals surface area contributed by atoms with Gasteiger partial charge in [0.2, 0.25) is 0 Å². The van der Waals surface area contributed by atoms with Crippen LogP contribution in [0.15, 0.2) is 0 Å². The van der Waals surface area contributed by atoms with Gasteiger partial charge in [-0.05, 0) is 0 Å². The monoisotopic (exact) mass is 407 g/mol. The second-order valence-electron chi connectivity index (χ2n) is 2.89. The van der Waals surface area contributed by atoms with Crippen molar-refractivity contribution in [2.45, 2.75) is 0 Å². The third-order valence-corrected chi connectivity index (χ3v) is 1.56. The third-order valence-electron chi connectivity index (χ3n) is 1.56. The molecule has 0 aliphatic heterocycles. The molecule has 2 aromatic heterocycles. The Morgan fingerprint density at radius 3 is 0.810 bits per heavy atom. The molecule has 21 heavy (non-hydrogen) atoms. The van der Waals surface area contributed by atoms with Gasteiger partial charge in [0.1, 0.15) is 23.8 Å². The van der Waals surface area contributed by atoms with E-state index in [1.165, 1.54) is 0 Å². The minimum atomic E-state index is -1.70. The van der Waals surface area contributed by atoms with Crippen molar-refractivity contribution in [1.29, 1.82) is 0 Å². The molecule has 2 aromatic rings. The van der Waals surface area contributed by atoms with Crippen molar-refractivity contribution in [3.05, 3.63) is 59.2 Å². The summed E-state index contributed by atoms with van der Waals surface area (Å²) >= 11 is 0. The smallest absolute Gasteiger partial charge is 0.133 e. The van der Waals surface area contributed by atoms with Gasteiger partial charge in [-0.25, -0.2) is 17.6 Å². The van der Waals surface area contributed by atoms with Crippen LogP contribution in [0.2, 0.25) is 0 Å². The number of pyridine rings is 2. The minimum Gasteiger partial charge on any atom is -0.319 e. The summed E-state index contributed by atoms with van der Waals surface area (Å²) in [5, 5.41) is 0. The SMILES string of the molecule is Fc1[c-]c(F)c(F)nc1F.Fc1[c-]c(F)c(F)nc1F.[Ag]. The number of hydrogen-bond donors (Lipinski definition) is 0. The van der Waals surface area contributed by atoms with E-state index < -0.39 is 47.1 Å². The number of halogens is 8. The van der Waals surface area contributed by atoms with E-state index >= 15 is 0 Å². The van der Waals surface area contributed by atoms with Crippen molar-refractivity contribution in [2.75, 3.05) is 0 Å². The first-order valence-electron chi connectivity index (χ1n) is 4.41. The zero-order valence-corrected chi connectivity index (χ0v) is 10.7. The Kier molecular flexibility index (Phi) is 7.47. The molecule has 119 valence electrons. The first kappa shape index (κ1) is 19.5. The van der Waals surface area contributed by atoms with Crippen LogP contribution in [0.25, 0.3) is 0 Å². The summed E-state index contributed by atoms with van der Waals surface area (Å²) in [6.07, 6.45) is 0. The summed E-state index contributed by atoms with van der Waals surface area (Å²) in [6, 6.07) is 2.32. The molecule has 0 amide bonds. The van der Waals surface area contributed by atoms with E-state index in [9.17, 15) is 35.1 Å². The number of rotatable bonds is 0. The maximum atomic E-state index is 11.9. The molecule has 0 fully saturated rings. The van der Waals surface area contributed by atoms with E-state index in [0.29, 0.717) is 0 Å². The molecule has 0 unspecified atom stereocenters. The van der Waals surface area contributed by atoms with Crippen molar-refractivity contribution in [2.24, 2.45) is 0 Å². The fourth-order valence-corrected chi connectivity index (χ4v) is 0.768. The van der Waals surface area contributed by atoms with Gasteiger partial charge >= 0.3 is 0 Å². The summed E-state index contributed by atoms with van der Waals surface area (Å²) < 4.78 is 94.8. The maximum absolute atomic E-state index is 11.9. The molecule has 0 N–H and O–H groups in total. The van der Waals surface area contributed by atoms with E-state index in [0.717, 1.165) is 12.1 Å². The Labute approximate surface area is 127 Å².